The normalized spacial score (nSPS) is 16.7. The van der Waals surface area contributed by atoms with Crippen molar-refractivity contribution in [1.82, 2.24) is 10.2 Å². The molecule has 5 heteroatoms. The zero-order chi connectivity index (χ0) is 13.3. The number of likely N-dealkylation sites (tertiary alicyclic amines) is 1. The number of carbonyl (C=O) groups is 1. The lowest BCUT2D eigenvalue weighted by Gasteiger charge is -2.42. The Balaban J connectivity index is 1.98. The van der Waals surface area contributed by atoms with E-state index in [1.807, 2.05) is 0 Å². The van der Waals surface area contributed by atoms with Crippen LogP contribution in [-0.2, 0) is 0 Å². The molecule has 1 aliphatic rings. The van der Waals surface area contributed by atoms with Crippen LogP contribution in [0.5, 0.6) is 0 Å². The van der Waals surface area contributed by atoms with Crippen molar-refractivity contribution in [3.05, 3.63) is 34.6 Å². The Kier molecular flexibility index (Phi) is 3.88. The van der Waals surface area contributed by atoms with E-state index in [1.165, 1.54) is 18.2 Å². The van der Waals surface area contributed by atoms with Gasteiger partial charge in [0.1, 0.15) is 5.82 Å². The lowest BCUT2D eigenvalue weighted by atomic mass is 10.1. The van der Waals surface area contributed by atoms with Gasteiger partial charge in [-0.1, -0.05) is 17.7 Å². The summed E-state index contributed by atoms with van der Waals surface area (Å²) in [5.41, 5.74) is -0.0674. The maximum absolute atomic E-state index is 13.5. The van der Waals surface area contributed by atoms with E-state index in [0.717, 1.165) is 13.1 Å². The van der Waals surface area contributed by atoms with Crippen LogP contribution in [0.25, 0.3) is 0 Å². The van der Waals surface area contributed by atoms with Crippen LogP contribution >= 0.6 is 11.6 Å². The molecular weight excluding hydrogens is 255 g/mol. The third-order valence-corrected chi connectivity index (χ3v) is 3.48. The highest BCUT2D eigenvalue weighted by Gasteiger charge is 2.30. The van der Waals surface area contributed by atoms with Crippen molar-refractivity contribution in [2.45, 2.75) is 25.9 Å². The number of amides is 1. The molecule has 0 radical (unpaired) electrons. The van der Waals surface area contributed by atoms with E-state index in [4.69, 9.17) is 11.6 Å². The number of hydrogen-bond acceptors (Lipinski definition) is 2. The monoisotopic (exact) mass is 270 g/mol. The third kappa shape index (κ3) is 2.65. The van der Waals surface area contributed by atoms with Gasteiger partial charge in [-0.3, -0.25) is 9.69 Å². The fourth-order valence-corrected chi connectivity index (χ4v) is 2.25. The molecule has 0 atom stereocenters. The molecule has 98 valence electrons. The van der Waals surface area contributed by atoms with Gasteiger partial charge in [-0.25, -0.2) is 4.39 Å². The van der Waals surface area contributed by atoms with Gasteiger partial charge in [0.05, 0.1) is 16.6 Å². The minimum absolute atomic E-state index is 0.0674. The summed E-state index contributed by atoms with van der Waals surface area (Å²) in [5.74, 6) is -1.02. The molecule has 3 nitrogen and oxygen atoms in total. The summed E-state index contributed by atoms with van der Waals surface area (Å²) in [5, 5.41) is 2.94. The Bertz CT molecular complexity index is 438. The standard InChI is InChI=1S/C13H16ClFN2O/c1-8(2)17-6-9(7-17)16-13(18)12-10(14)4-3-5-11(12)15/h3-5,8-9H,6-7H2,1-2H3,(H,16,18). The molecule has 1 saturated heterocycles. The van der Waals surface area contributed by atoms with E-state index in [0.29, 0.717) is 6.04 Å². The first-order chi connectivity index (χ1) is 8.49. The largest absolute Gasteiger partial charge is 0.347 e. The Morgan fingerprint density at radius 2 is 2.17 bits per heavy atom. The Labute approximate surface area is 111 Å². The molecular formula is C13H16ClFN2O. The van der Waals surface area contributed by atoms with Crippen LogP contribution in [0, 0.1) is 5.82 Å². The molecule has 1 fully saturated rings. The van der Waals surface area contributed by atoms with Crippen molar-refractivity contribution in [3.8, 4) is 0 Å². The topological polar surface area (TPSA) is 32.3 Å². The lowest BCUT2D eigenvalue weighted by Crippen LogP contribution is -2.61. The van der Waals surface area contributed by atoms with Gasteiger partial charge >= 0.3 is 0 Å². The summed E-state index contributed by atoms with van der Waals surface area (Å²) in [6, 6.07) is 4.78. The molecule has 1 heterocycles. The third-order valence-electron chi connectivity index (χ3n) is 3.17. The van der Waals surface area contributed by atoms with Crippen molar-refractivity contribution in [1.29, 1.82) is 0 Å². The number of hydrogen-bond donors (Lipinski definition) is 1. The van der Waals surface area contributed by atoms with Crippen LogP contribution < -0.4 is 5.32 Å². The van der Waals surface area contributed by atoms with E-state index in [9.17, 15) is 9.18 Å². The lowest BCUT2D eigenvalue weighted by molar-refractivity contribution is 0.0711. The zero-order valence-electron chi connectivity index (χ0n) is 10.4. The van der Waals surface area contributed by atoms with Crippen molar-refractivity contribution >= 4 is 17.5 Å². The molecule has 0 aromatic heterocycles. The summed E-state index contributed by atoms with van der Waals surface area (Å²) in [7, 11) is 0. The van der Waals surface area contributed by atoms with Gasteiger partial charge in [-0.05, 0) is 26.0 Å². The van der Waals surface area contributed by atoms with E-state index < -0.39 is 11.7 Å². The predicted molar refractivity (Wildman–Crippen MR) is 69.4 cm³/mol. The smallest absolute Gasteiger partial charge is 0.256 e. The van der Waals surface area contributed by atoms with Crippen LogP contribution in [0.15, 0.2) is 18.2 Å². The van der Waals surface area contributed by atoms with Gasteiger partial charge in [0, 0.05) is 19.1 Å². The molecule has 0 saturated carbocycles. The Hall–Kier alpha value is -1.13. The zero-order valence-corrected chi connectivity index (χ0v) is 11.2. The first-order valence-electron chi connectivity index (χ1n) is 5.98. The van der Waals surface area contributed by atoms with Gasteiger partial charge < -0.3 is 5.32 Å². The fourth-order valence-electron chi connectivity index (χ4n) is 2.00. The van der Waals surface area contributed by atoms with Gasteiger partial charge in [0.25, 0.3) is 5.91 Å². The predicted octanol–water partition coefficient (Wildman–Crippen LogP) is 2.30. The summed E-state index contributed by atoms with van der Waals surface area (Å²) in [6.07, 6.45) is 0. The molecule has 18 heavy (non-hydrogen) atoms. The summed E-state index contributed by atoms with van der Waals surface area (Å²) in [4.78, 5) is 14.1. The number of nitrogens with zero attached hydrogens (tertiary/aromatic N) is 1. The average molecular weight is 271 g/mol. The molecule has 0 spiro atoms. The second-order valence-electron chi connectivity index (χ2n) is 4.81. The average Bonchev–Trinajstić information content (AvgIpc) is 2.21. The Morgan fingerprint density at radius 1 is 1.50 bits per heavy atom. The van der Waals surface area contributed by atoms with E-state index in [-0.39, 0.29) is 16.6 Å². The molecule has 2 rings (SSSR count). The minimum atomic E-state index is -0.583. The maximum Gasteiger partial charge on any atom is 0.256 e. The first kappa shape index (κ1) is 13.3. The quantitative estimate of drug-likeness (QED) is 0.914. The van der Waals surface area contributed by atoms with Crippen molar-refractivity contribution < 1.29 is 9.18 Å². The molecule has 1 amide bonds. The van der Waals surface area contributed by atoms with Gasteiger partial charge in [-0.15, -0.1) is 0 Å². The second kappa shape index (κ2) is 5.24. The van der Waals surface area contributed by atoms with Crippen molar-refractivity contribution in [2.75, 3.05) is 13.1 Å². The van der Waals surface area contributed by atoms with Crippen LogP contribution in [0.2, 0.25) is 5.02 Å². The molecule has 1 N–H and O–H groups in total. The van der Waals surface area contributed by atoms with Crippen LogP contribution in [-0.4, -0.2) is 36.0 Å². The number of rotatable bonds is 3. The fraction of sp³-hybridized carbons (Fsp3) is 0.462. The highest BCUT2D eigenvalue weighted by atomic mass is 35.5. The molecule has 0 unspecified atom stereocenters. The molecule has 0 bridgehead atoms. The number of benzene rings is 1. The SMILES string of the molecule is CC(C)N1CC(NC(=O)c2c(F)cccc2Cl)C1. The highest BCUT2D eigenvalue weighted by Crippen LogP contribution is 2.20. The van der Waals surface area contributed by atoms with Crippen LogP contribution in [0.4, 0.5) is 4.39 Å². The van der Waals surface area contributed by atoms with Gasteiger partial charge in [-0.2, -0.15) is 0 Å². The molecule has 0 aliphatic carbocycles. The minimum Gasteiger partial charge on any atom is -0.347 e. The second-order valence-corrected chi connectivity index (χ2v) is 5.22. The summed E-state index contributed by atoms with van der Waals surface area (Å²) < 4.78 is 13.5. The summed E-state index contributed by atoms with van der Waals surface area (Å²) in [6.45, 7) is 5.81. The maximum atomic E-state index is 13.5. The Morgan fingerprint density at radius 3 is 2.72 bits per heavy atom. The number of halogens is 2. The number of carbonyl (C=O) groups excluding carboxylic acids is 1. The molecule has 1 aromatic rings. The molecule has 1 aliphatic heterocycles. The van der Waals surface area contributed by atoms with Crippen LogP contribution in [0.1, 0.15) is 24.2 Å². The van der Waals surface area contributed by atoms with E-state index in [2.05, 4.69) is 24.1 Å². The van der Waals surface area contributed by atoms with E-state index >= 15 is 0 Å². The first-order valence-corrected chi connectivity index (χ1v) is 6.35. The van der Waals surface area contributed by atoms with Crippen molar-refractivity contribution in [3.63, 3.8) is 0 Å². The number of nitrogens with one attached hydrogen (secondary N) is 1. The highest BCUT2D eigenvalue weighted by molar-refractivity contribution is 6.33. The van der Waals surface area contributed by atoms with Gasteiger partial charge in [0.15, 0.2) is 0 Å². The van der Waals surface area contributed by atoms with Gasteiger partial charge in [0.2, 0.25) is 0 Å². The van der Waals surface area contributed by atoms with E-state index in [1.54, 1.807) is 0 Å². The van der Waals surface area contributed by atoms with Crippen molar-refractivity contribution in [2.24, 2.45) is 0 Å². The van der Waals surface area contributed by atoms with Crippen LogP contribution in [0.3, 0.4) is 0 Å². The summed E-state index contributed by atoms with van der Waals surface area (Å²) >= 11 is 5.84. The molecule has 1 aromatic carbocycles.